The first kappa shape index (κ1) is 15.4. The summed E-state index contributed by atoms with van der Waals surface area (Å²) < 4.78 is 2.61. The van der Waals surface area contributed by atoms with Crippen molar-refractivity contribution in [2.24, 2.45) is 0 Å². The molecule has 4 aromatic rings. The smallest absolute Gasteiger partial charge is 0.346 e. The summed E-state index contributed by atoms with van der Waals surface area (Å²) in [4.78, 5) is 24.8. The lowest BCUT2D eigenvalue weighted by Crippen LogP contribution is -2.28. The van der Waals surface area contributed by atoms with Crippen molar-refractivity contribution in [3.8, 4) is 11.4 Å². The van der Waals surface area contributed by atoms with Crippen LogP contribution in [0.15, 0.2) is 76.3 Å². The van der Waals surface area contributed by atoms with Gasteiger partial charge >= 0.3 is 10.6 Å². The number of hydrogen-bond acceptors (Lipinski definition) is 4. The van der Waals surface area contributed by atoms with E-state index >= 15 is 0 Å². The van der Waals surface area contributed by atoms with Crippen LogP contribution < -0.4 is 10.6 Å². The average Bonchev–Trinajstić information content (AvgIpc) is 2.89. The van der Waals surface area contributed by atoms with Gasteiger partial charge in [0.25, 0.3) is 0 Å². The van der Waals surface area contributed by atoms with E-state index in [2.05, 4.69) is 0 Å². The van der Waals surface area contributed by atoms with Crippen LogP contribution in [0.4, 0.5) is 0 Å². The standard InChI is InChI=1S/C19H14N2O3S/c22-15-8-3-5-13(11-15)12-20-18(23)21(25-19(20)24)17-10-4-7-14-6-1-2-9-16(14)17/h1-11,22H,12H2. The van der Waals surface area contributed by atoms with Crippen LogP contribution >= 0.6 is 11.5 Å². The van der Waals surface area contributed by atoms with E-state index in [1.165, 1.54) is 8.52 Å². The highest BCUT2D eigenvalue weighted by atomic mass is 32.1. The summed E-state index contributed by atoms with van der Waals surface area (Å²) in [6.07, 6.45) is 0. The fourth-order valence-electron chi connectivity index (χ4n) is 2.86. The van der Waals surface area contributed by atoms with E-state index in [1.807, 2.05) is 42.5 Å². The second-order valence-electron chi connectivity index (χ2n) is 5.69. The Labute approximate surface area is 146 Å². The summed E-state index contributed by atoms with van der Waals surface area (Å²) in [6.45, 7) is 0.125. The molecule has 0 atom stereocenters. The predicted octanol–water partition coefficient (Wildman–Crippen LogP) is 2.97. The fourth-order valence-corrected chi connectivity index (χ4v) is 3.69. The van der Waals surface area contributed by atoms with E-state index < -0.39 is 0 Å². The summed E-state index contributed by atoms with van der Waals surface area (Å²) in [7, 11) is 0. The van der Waals surface area contributed by atoms with Crippen LogP contribution in [0, 0.1) is 0 Å². The predicted molar refractivity (Wildman–Crippen MR) is 98.9 cm³/mol. The first-order valence-electron chi connectivity index (χ1n) is 7.73. The van der Waals surface area contributed by atoms with Gasteiger partial charge in [-0.15, -0.1) is 0 Å². The van der Waals surface area contributed by atoms with Gasteiger partial charge in [-0.3, -0.25) is 4.79 Å². The third kappa shape index (κ3) is 2.77. The van der Waals surface area contributed by atoms with Crippen LogP contribution in [0.1, 0.15) is 5.56 Å². The van der Waals surface area contributed by atoms with Crippen LogP contribution in [0.2, 0.25) is 0 Å². The van der Waals surface area contributed by atoms with Gasteiger partial charge in [-0.25, -0.2) is 13.3 Å². The molecule has 0 amide bonds. The zero-order valence-corrected chi connectivity index (χ0v) is 13.9. The fraction of sp³-hybridized carbons (Fsp3) is 0.0526. The van der Waals surface area contributed by atoms with Gasteiger partial charge in [0.05, 0.1) is 12.2 Å². The zero-order chi connectivity index (χ0) is 17.4. The Morgan fingerprint density at radius 2 is 1.68 bits per heavy atom. The molecule has 3 aromatic carbocycles. The molecule has 0 saturated carbocycles. The van der Waals surface area contributed by atoms with Gasteiger partial charge in [0.2, 0.25) is 0 Å². The van der Waals surface area contributed by atoms with Gasteiger partial charge in [-0.2, -0.15) is 0 Å². The molecule has 0 saturated heterocycles. The molecule has 1 N–H and O–H groups in total. The number of aromatic hydroxyl groups is 1. The number of nitrogens with zero attached hydrogens (tertiary/aromatic N) is 2. The molecule has 0 aliphatic heterocycles. The van der Waals surface area contributed by atoms with Crippen LogP contribution in [0.3, 0.4) is 0 Å². The molecular formula is C19H14N2O3S. The topological polar surface area (TPSA) is 64.2 Å². The van der Waals surface area contributed by atoms with Gasteiger partial charge < -0.3 is 5.11 Å². The number of phenols is 1. The lowest BCUT2D eigenvalue weighted by atomic mass is 10.1. The van der Waals surface area contributed by atoms with Crippen molar-refractivity contribution in [1.82, 2.24) is 8.52 Å². The first-order chi connectivity index (χ1) is 12.1. The normalized spacial score (nSPS) is 11.0. The Balaban J connectivity index is 1.85. The van der Waals surface area contributed by atoms with Crippen molar-refractivity contribution in [1.29, 1.82) is 0 Å². The molecule has 1 heterocycles. The van der Waals surface area contributed by atoms with E-state index in [-0.39, 0.29) is 22.9 Å². The quantitative estimate of drug-likeness (QED) is 0.618. The van der Waals surface area contributed by atoms with Crippen molar-refractivity contribution >= 4 is 22.3 Å². The van der Waals surface area contributed by atoms with Crippen molar-refractivity contribution in [2.45, 2.75) is 6.54 Å². The van der Waals surface area contributed by atoms with E-state index in [0.29, 0.717) is 11.3 Å². The Morgan fingerprint density at radius 3 is 2.52 bits per heavy atom. The third-order valence-corrected chi connectivity index (χ3v) is 4.94. The summed E-state index contributed by atoms with van der Waals surface area (Å²) in [6, 6.07) is 20.0. The van der Waals surface area contributed by atoms with E-state index in [9.17, 15) is 14.7 Å². The van der Waals surface area contributed by atoms with Crippen LogP contribution in [0.25, 0.3) is 16.5 Å². The van der Waals surface area contributed by atoms with E-state index in [1.54, 1.807) is 24.3 Å². The highest BCUT2D eigenvalue weighted by molar-refractivity contribution is 7.04. The van der Waals surface area contributed by atoms with Crippen molar-refractivity contribution < 1.29 is 5.11 Å². The first-order valence-corrected chi connectivity index (χ1v) is 8.50. The zero-order valence-electron chi connectivity index (χ0n) is 13.1. The van der Waals surface area contributed by atoms with Crippen molar-refractivity contribution in [2.75, 3.05) is 0 Å². The molecule has 0 unspecified atom stereocenters. The minimum Gasteiger partial charge on any atom is -0.508 e. The Hall–Kier alpha value is -3.12. The van der Waals surface area contributed by atoms with Gasteiger partial charge in [0.15, 0.2) is 0 Å². The van der Waals surface area contributed by atoms with Crippen LogP contribution in [0.5, 0.6) is 5.75 Å². The van der Waals surface area contributed by atoms with Crippen LogP contribution in [-0.4, -0.2) is 13.6 Å². The van der Waals surface area contributed by atoms with E-state index in [0.717, 1.165) is 22.3 Å². The lowest BCUT2D eigenvalue weighted by Gasteiger charge is -2.05. The maximum atomic E-state index is 12.8. The Bertz CT molecular complexity index is 1180. The molecule has 1 aromatic heterocycles. The van der Waals surface area contributed by atoms with Gasteiger partial charge in [0.1, 0.15) is 5.75 Å². The number of aromatic nitrogens is 2. The minimum atomic E-state index is -0.380. The monoisotopic (exact) mass is 350 g/mol. The molecule has 6 heteroatoms. The van der Waals surface area contributed by atoms with Crippen molar-refractivity contribution in [3.05, 3.63) is 92.4 Å². The largest absolute Gasteiger partial charge is 0.508 e. The average molecular weight is 350 g/mol. The molecule has 4 rings (SSSR count). The molecule has 5 nitrogen and oxygen atoms in total. The maximum absolute atomic E-state index is 12.8. The summed E-state index contributed by atoms with van der Waals surface area (Å²) >= 11 is 0.881. The number of hydrogen-bond donors (Lipinski definition) is 1. The number of rotatable bonds is 3. The maximum Gasteiger partial charge on any atom is 0.346 e. The second kappa shape index (κ2) is 6.07. The van der Waals surface area contributed by atoms with Crippen molar-refractivity contribution in [3.63, 3.8) is 0 Å². The lowest BCUT2D eigenvalue weighted by molar-refractivity contribution is 0.474. The van der Waals surface area contributed by atoms with Gasteiger partial charge in [0, 0.05) is 16.9 Å². The Morgan fingerprint density at radius 1 is 0.920 bits per heavy atom. The second-order valence-corrected chi connectivity index (χ2v) is 6.59. The molecule has 0 spiro atoms. The SMILES string of the molecule is O=c1sn(-c2cccc3ccccc23)c(=O)n1Cc1cccc(O)c1. The molecule has 0 aliphatic rings. The molecule has 0 aliphatic carbocycles. The minimum absolute atomic E-state index is 0.107. The number of benzene rings is 3. The van der Waals surface area contributed by atoms with Crippen LogP contribution in [-0.2, 0) is 6.54 Å². The molecule has 0 fully saturated rings. The molecular weight excluding hydrogens is 336 g/mol. The Kier molecular flexibility index (Phi) is 3.74. The number of phenolic OH excluding ortho intramolecular Hbond substituents is 1. The highest BCUT2D eigenvalue weighted by Crippen LogP contribution is 2.21. The van der Waals surface area contributed by atoms with Gasteiger partial charge in [-0.1, -0.05) is 48.5 Å². The molecule has 0 bridgehead atoms. The van der Waals surface area contributed by atoms with E-state index in [4.69, 9.17) is 0 Å². The summed E-state index contributed by atoms with van der Waals surface area (Å²) in [5.74, 6) is 0.107. The number of fused-ring (bicyclic) bond motifs is 1. The molecule has 0 radical (unpaired) electrons. The third-order valence-electron chi connectivity index (χ3n) is 4.03. The van der Waals surface area contributed by atoms with Gasteiger partial charge in [-0.05, 0) is 29.1 Å². The molecule has 124 valence electrons. The molecule has 25 heavy (non-hydrogen) atoms. The summed E-state index contributed by atoms with van der Waals surface area (Å²) in [5.41, 5.74) is 1.01. The summed E-state index contributed by atoms with van der Waals surface area (Å²) in [5, 5.41) is 11.5. The highest BCUT2D eigenvalue weighted by Gasteiger charge is 2.14.